The third kappa shape index (κ3) is 3.21. The summed E-state index contributed by atoms with van der Waals surface area (Å²) in [7, 11) is 0. The van der Waals surface area contributed by atoms with Crippen LogP contribution in [0.5, 0.6) is 11.5 Å². The van der Waals surface area contributed by atoms with Gasteiger partial charge in [-0.3, -0.25) is 9.78 Å². The number of ether oxygens (including phenoxy) is 1. The van der Waals surface area contributed by atoms with E-state index >= 15 is 0 Å². The SMILES string of the molecule is O=C(O)Cc1ncccc1Oc1cccc(Cl)c1. The molecule has 0 spiro atoms. The third-order valence-corrected chi connectivity index (χ3v) is 2.43. The van der Waals surface area contributed by atoms with Crippen molar-refractivity contribution < 1.29 is 14.6 Å². The maximum atomic E-state index is 10.7. The fraction of sp³-hybridized carbons (Fsp3) is 0.0769. The molecular weight excluding hydrogens is 254 g/mol. The average molecular weight is 264 g/mol. The molecule has 0 saturated heterocycles. The fourth-order valence-electron chi connectivity index (χ4n) is 1.45. The molecule has 0 aliphatic rings. The zero-order valence-corrected chi connectivity index (χ0v) is 10.1. The monoisotopic (exact) mass is 263 g/mol. The Kier molecular flexibility index (Phi) is 3.79. The molecule has 0 bridgehead atoms. The van der Waals surface area contributed by atoms with E-state index in [-0.39, 0.29) is 6.42 Å². The lowest BCUT2D eigenvalue weighted by Gasteiger charge is -2.09. The predicted molar refractivity (Wildman–Crippen MR) is 67.1 cm³/mol. The Hall–Kier alpha value is -2.07. The minimum absolute atomic E-state index is 0.184. The lowest BCUT2D eigenvalue weighted by atomic mass is 10.2. The van der Waals surface area contributed by atoms with E-state index in [1.807, 2.05) is 0 Å². The second-order valence-corrected chi connectivity index (χ2v) is 4.01. The van der Waals surface area contributed by atoms with Gasteiger partial charge in [0.25, 0.3) is 0 Å². The van der Waals surface area contributed by atoms with Crippen molar-refractivity contribution in [2.24, 2.45) is 0 Å². The molecule has 0 saturated carbocycles. The Morgan fingerprint density at radius 2 is 2.17 bits per heavy atom. The van der Waals surface area contributed by atoms with Crippen LogP contribution in [0.2, 0.25) is 5.02 Å². The molecule has 0 radical (unpaired) electrons. The van der Waals surface area contributed by atoms with Crippen LogP contribution in [-0.2, 0) is 11.2 Å². The molecule has 0 unspecified atom stereocenters. The molecule has 1 aromatic carbocycles. The first-order valence-corrected chi connectivity index (χ1v) is 5.62. The van der Waals surface area contributed by atoms with E-state index in [2.05, 4.69) is 4.98 Å². The molecule has 4 nitrogen and oxygen atoms in total. The van der Waals surface area contributed by atoms with E-state index < -0.39 is 5.97 Å². The molecule has 2 rings (SSSR count). The van der Waals surface area contributed by atoms with Gasteiger partial charge in [-0.15, -0.1) is 0 Å². The number of aromatic nitrogens is 1. The Labute approximate surface area is 109 Å². The zero-order chi connectivity index (χ0) is 13.0. The number of benzene rings is 1. The van der Waals surface area contributed by atoms with Crippen LogP contribution in [0.1, 0.15) is 5.69 Å². The summed E-state index contributed by atoms with van der Waals surface area (Å²) in [6, 6.07) is 10.2. The number of rotatable bonds is 4. The van der Waals surface area contributed by atoms with Gasteiger partial charge in [0.15, 0.2) is 0 Å². The van der Waals surface area contributed by atoms with E-state index in [1.54, 1.807) is 36.4 Å². The summed E-state index contributed by atoms with van der Waals surface area (Å²) < 4.78 is 5.58. The van der Waals surface area contributed by atoms with Crippen LogP contribution >= 0.6 is 11.6 Å². The Balaban J connectivity index is 2.26. The van der Waals surface area contributed by atoms with Gasteiger partial charge in [-0.1, -0.05) is 17.7 Å². The molecule has 2 aromatic rings. The highest BCUT2D eigenvalue weighted by Gasteiger charge is 2.09. The number of hydrogen-bond donors (Lipinski definition) is 1. The normalized spacial score (nSPS) is 10.1. The molecule has 1 heterocycles. The first-order chi connectivity index (χ1) is 8.65. The minimum atomic E-state index is -0.954. The summed E-state index contributed by atoms with van der Waals surface area (Å²) in [5.74, 6) is 0.00829. The van der Waals surface area contributed by atoms with E-state index in [4.69, 9.17) is 21.4 Å². The van der Waals surface area contributed by atoms with Crippen molar-refractivity contribution in [2.45, 2.75) is 6.42 Å². The number of carboxylic acids is 1. The van der Waals surface area contributed by atoms with E-state index in [9.17, 15) is 4.79 Å². The van der Waals surface area contributed by atoms with Gasteiger partial charge in [0.05, 0.1) is 12.1 Å². The molecule has 0 aliphatic heterocycles. The molecule has 1 N–H and O–H groups in total. The van der Waals surface area contributed by atoms with Crippen molar-refractivity contribution in [1.82, 2.24) is 4.98 Å². The average Bonchev–Trinajstić information content (AvgIpc) is 2.31. The topological polar surface area (TPSA) is 59.4 Å². The Morgan fingerprint density at radius 3 is 2.89 bits per heavy atom. The van der Waals surface area contributed by atoms with E-state index in [0.717, 1.165) is 0 Å². The summed E-state index contributed by atoms with van der Waals surface area (Å²) >= 11 is 5.85. The second kappa shape index (κ2) is 5.51. The summed E-state index contributed by atoms with van der Waals surface area (Å²) in [4.78, 5) is 14.7. The summed E-state index contributed by atoms with van der Waals surface area (Å²) in [5.41, 5.74) is 0.380. The van der Waals surface area contributed by atoms with Crippen molar-refractivity contribution in [3.8, 4) is 11.5 Å². The van der Waals surface area contributed by atoms with Gasteiger partial charge >= 0.3 is 5.97 Å². The largest absolute Gasteiger partial charge is 0.481 e. The number of nitrogens with zero attached hydrogens (tertiary/aromatic N) is 1. The zero-order valence-electron chi connectivity index (χ0n) is 9.34. The fourth-order valence-corrected chi connectivity index (χ4v) is 1.63. The summed E-state index contributed by atoms with van der Waals surface area (Å²) in [6.45, 7) is 0. The number of aliphatic carboxylic acids is 1. The standard InChI is InChI=1S/C13H10ClNO3/c14-9-3-1-4-10(7-9)18-12-5-2-6-15-11(12)8-13(16)17/h1-7H,8H2,(H,16,17). The van der Waals surface area contributed by atoms with Crippen LogP contribution in [0, 0.1) is 0 Å². The molecule has 0 fully saturated rings. The number of halogens is 1. The van der Waals surface area contributed by atoms with Gasteiger partial charge in [-0.2, -0.15) is 0 Å². The van der Waals surface area contributed by atoms with Crippen LogP contribution in [0.25, 0.3) is 0 Å². The van der Waals surface area contributed by atoms with E-state index in [0.29, 0.717) is 22.2 Å². The Bertz CT molecular complexity index is 572. The minimum Gasteiger partial charge on any atom is -0.481 e. The van der Waals surface area contributed by atoms with Crippen LogP contribution in [0.3, 0.4) is 0 Å². The Morgan fingerprint density at radius 1 is 1.33 bits per heavy atom. The third-order valence-electron chi connectivity index (χ3n) is 2.19. The van der Waals surface area contributed by atoms with Crippen LogP contribution < -0.4 is 4.74 Å². The number of hydrogen-bond acceptors (Lipinski definition) is 3. The molecular formula is C13H10ClNO3. The second-order valence-electron chi connectivity index (χ2n) is 3.58. The first kappa shape index (κ1) is 12.4. The van der Waals surface area contributed by atoms with Gasteiger partial charge in [-0.05, 0) is 30.3 Å². The van der Waals surface area contributed by atoms with Gasteiger partial charge < -0.3 is 9.84 Å². The van der Waals surface area contributed by atoms with Crippen molar-refractivity contribution in [2.75, 3.05) is 0 Å². The van der Waals surface area contributed by atoms with Crippen molar-refractivity contribution in [3.05, 3.63) is 53.3 Å². The highest BCUT2D eigenvalue weighted by molar-refractivity contribution is 6.30. The molecule has 1 aromatic heterocycles. The maximum absolute atomic E-state index is 10.7. The molecule has 92 valence electrons. The molecule has 18 heavy (non-hydrogen) atoms. The molecule has 5 heteroatoms. The van der Waals surface area contributed by atoms with Gasteiger partial charge in [-0.25, -0.2) is 0 Å². The van der Waals surface area contributed by atoms with Crippen LogP contribution in [-0.4, -0.2) is 16.1 Å². The van der Waals surface area contributed by atoms with Crippen molar-refractivity contribution in [1.29, 1.82) is 0 Å². The summed E-state index contributed by atoms with van der Waals surface area (Å²) in [5, 5.41) is 9.34. The molecule has 0 amide bonds. The highest BCUT2D eigenvalue weighted by Crippen LogP contribution is 2.26. The van der Waals surface area contributed by atoms with Crippen LogP contribution in [0.4, 0.5) is 0 Å². The highest BCUT2D eigenvalue weighted by atomic mass is 35.5. The number of carbonyl (C=O) groups is 1. The molecule has 0 aliphatic carbocycles. The number of pyridine rings is 1. The van der Waals surface area contributed by atoms with Gasteiger partial charge in [0.2, 0.25) is 0 Å². The number of carboxylic acid groups (broad SMARTS) is 1. The van der Waals surface area contributed by atoms with Crippen molar-refractivity contribution in [3.63, 3.8) is 0 Å². The molecule has 0 atom stereocenters. The van der Waals surface area contributed by atoms with Gasteiger partial charge in [0, 0.05) is 11.2 Å². The van der Waals surface area contributed by atoms with Crippen LogP contribution in [0.15, 0.2) is 42.6 Å². The van der Waals surface area contributed by atoms with Gasteiger partial charge in [0.1, 0.15) is 11.5 Å². The van der Waals surface area contributed by atoms with Crippen molar-refractivity contribution >= 4 is 17.6 Å². The maximum Gasteiger partial charge on any atom is 0.309 e. The first-order valence-electron chi connectivity index (χ1n) is 5.24. The van der Waals surface area contributed by atoms with E-state index in [1.165, 1.54) is 6.20 Å². The smallest absolute Gasteiger partial charge is 0.309 e. The quantitative estimate of drug-likeness (QED) is 0.920. The summed E-state index contributed by atoms with van der Waals surface area (Å²) in [6.07, 6.45) is 1.35. The lowest BCUT2D eigenvalue weighted by molar-refractivity contribution is -0.136. The predicted octanol–water partition coefficient (Wildman–Crippen LogP) is 3.15. The lowest BCUT2D eigenvalue weighted by Crippen LogP contribution is -2.04.